The van der Waals surface area contributed by atoms with Crippen LogP contribution in [-0.2, 0) is 0 Å². The zero-order valence-corrected chi connectivity index (χ0v) is 14.2. The first-order chi connectivity index (χ1) is 11.5. The van der Waals surface area contributed by atoms with Crippen molar-refractivity contribution in [2.24, 2.45) is 11.8 Å². The van der Waals surface area contributed by atoms with Gasteiger partial charge in [0.1, 0.15) is 23.5 Å². The standard InChI is InChI=1S/C17H21N5O2/c1-10-11(2)18-9-19-16(10)21-5-13-7-22(8-14(13)6-21)17(23)15-4-20-24-12(15)3/h4,9,13-14H,5-8H2,1-3H3. The fourth-order valence-electron chi connectivity index (χ4n) is 3.85. The molecule has 0 aromatic carbocycles. The Morgan fingerprint density at radius 2 is 1.83 bits per heavy atom. The predicted octanol–water partition coefficient (Wildman–Crippen LogP) is 1.60. The molecule has 2 unspecified atom stereocenters. The van der Waals surface area contributed by atoms with E-state index in [1.165, 1.54) is 6.20 Å². The van der Waals surface area contributed by atoms with Crippen molar-refractivity contribution < 1.29 is 9.32 Å². The number of fused-ring (bicyclic) bond motifs is 1. The van der Waals surface area contributed by atoms with Crippen LogP contribution in [0.5, 0.6) is 0 Å². The van der Waals surface area contributed by atoms with Crippen LogP contribution in [0.25, 0.3) is 0 Å². The molecule has 24 heavy (non-hydrogen) atoms. The van der Waals surface area contributed by atoms with Gasteiger partial charge in [-0.05, 0) is 20.8 Å². The maximum Gasteiger partial charge on any atom is 0.259 e. The number of amides is 1. The van der Waals surface area contributed by atoms with Crippen molar-refractivity contribution >= 4 is 11.7 Å². The highest BCUT2D eigenvalue weighted by Crippen LogP contribution is 2.35. The molecule has 2 atom stereocenters. The van der Waals surface area contributed by atoms with E-state index in [9.17, 15) is 4.79 Å². The van der Waals surface area contributed by atoms with Gasteiger partial charge in [-0.15, -0.1) is 0 Å². The molecule has 126 valence electrons. The second-order valence-corrected chi connectivity index (χ2v) is 6.84. The van der Waals surface area contributed by atoms with E-state index in [0.717, 1.165) is 43.3 Å². The molecule has 4 rings (SSSR count). The largest absolute Gasteiger partial charge is 0.361 e. The van der Waals surface area contributed by atoms with Crippen LogP contribution in [0.2, 0.25) is 0 Å². The number of aryl methyl sites for hydroxylation is 2. The first kappa shape index (κ1) is 15.1. The third-order valence-electron chi connectivity index (χ3n) is 5.36. The molecule has 0 spiro atoms. The molecule has 2 aromatic rings. The van der Waals surface area contributed by atoms with E-state index in [0.29, 0.717) is 23.2 Å². The molecule has 0 bridgehead atoms. The molecule has 4 heterocycles. The molecule has 7 heteroatoms. The maximum atomic E-state index is 12.6. The summed E-state index contributed by atoms with van der Waals surface area (Å²) in [6, 6.07) is 0. The van der Waals surface area contributed by atoms with Crippen LogP contribution < -0.4 is 4.90 Å². The molecule has 2 fully saturated rings. The quantitative estimate of drug-likeness (QED) is 0.834. The van der Waals surface area contributed by atoms with Crippen LogP contribution in [0.15, 0.2) is 17.0 Å². The van der Waals surface area contributed by atoms with E-state index in [2.05, 4.69) is 26.9 Å². The van der Waals surface area contributed by atoms with Gasteiger partial charge in [0, 0.05) is 49.3 Å². The van der Waals surface area contributed by atoms with Crippen molar-refractivity contribution in [2.45, 2.75) is 20.8 Å². The van der Waals surface area contributed by atoms with Crippen molar-refractivity contribution in [1.82, 2.24) is 20.0 Å². The van der Waals surface area contributed by atoms with Crippen molar-refractivity contribution in [3.05, 3.63) is 35.1 Å². The zero-order chi connectivity index (χ0) is 16.8. The van der Waals surface area contributed by atoms with Crippen LogP contribution >= 0.6 is 0 Å². The normalized spacial score (nSPS) is 23.0. The predicted molar refractivity (Wildman–Crippen MR) is 87.8 cm³/mol. The number of carbonyl (C=O) groups excluding carboxylic acids is 1. The lowest BCUT2D eigenvalue weighted by molar-refractivity contribution is 0.0781. The summed E-state index contributed by atoms with van der Waals surface area (Å²) in [5.74, 6) is 2.63. The molecule has 2 aliphatic heterocycles. The Kier molecular flexibility index (Phi) is 3.51. The molecule has 2 saturated heterocycles. The topological polar surface area (TPSA) is 75.4 Å². The number of hydrogen-bond acceptors (Lipinski definition) is 6. The Balaban J connectivity index is 1.46. The number of rotatable bonds is 2. The Labute approximate surface area is 140 Å². The number of aromatic nitrogens is 3. The Morgan fingerprint density at radius 1 is 1.12 bits per heavy atom. The van der Waals surface area contributed by atoms with Gasteiger partial charge in [0.15, 0.2) is 0 Å². The highest BCUT2D eigenvalue weighted by atomic mass is 16.5. The highest BCUT2D eigenvalue weighted by Gasteiger charge is 2.42. The van der Waals surface area contributed by atoms with E-state index < -0.39 is 0 Å². The van der Waals surface area contributed by atoms with Gasteiger partial charge in [0.05, 0.1) is 6.20 Å². The lowest BCUT2D eigenvalue weighted by Crippen LogP contribution is -2.33. The average molecular weight is 327 g/mol. The van der Waals surface area contributed by atoms with Crippen molar-refractivity contribution in [3.8, 4) is 0 Å². The molecule has 0 saturated carbocycles. The smallest absolute Gasteiger partial charge is 0.259 e. The van der Waals surface area contributed by atoms with Gasteiger partial charge in [0.25, 0.3) is 5.91 Å². The molecule has 0 aliphatic carbocycles. The molecule has 0 N–H and O–H groups in total. The third kappa shape index (κ3) is 2.35. The van der Waals surface area contributed by atoms with Crippen molar-refractivity contribution in [1.29, 1.82) is 0 Å². The van der Waals surface area contributed by atoms with Gasteiger partial charge in [-0.25, -0.2) is 9.97 Å². The summed E-state index contributed by atoms with van der Waals surface area (Å²) in [4.78, 5) is 25.6. The minimum atomic E-state index is 0.0313. The van der Waals surface area contributed by atoms with E-state index in [1.54, 1.807) is 13.3 Å². The monoisotopic (exact) mass is 327 g/mol. The Bertz CT molecular complexity index is 773. The van der Waals surface area contributed by atoms with Gasteiger partial charge >= 0.3 is 0 Å². The summed E-state index contributed by atoms with van der Waals surface area (Å²) in [7, 11) is 0. The molecular weight excluding hydrogens is 306 g/mol. The van der Waals surface area contributed by atoms with Crippen LogP contribution in [-0.4, -0.2) is 52.1 Å². The summed E-state index contributed by atoms with van der Waals surface area (Å²) in [6.45, 7) is 9.31. The number of carbonyl (C=O) groups is 1. The van der Waals surface area contributed by atoms with Crippen molar-refractivity contribution in [3.63, 3.8) is 0 Å². The summed E-state index contributed by atoms with van der Waals surface area (Å²) in [6.07, 6.45) is 3.15. The summed E-state index contributed by atoms with van der Waals surface area (Å²) in [5.41, 5.74) is 2.75. The molecule has 2 aromatic heterocycles. The molecule has 7 nitrogen and oxygen atoms in total. The van der Waals surface area contributed by atoms with E-state index in [1.807, 2.05) is 11.8 Å². The molecule has 2 aliphatic rings. The maximum absolute atomic E-state index is 12.6. The highest BCUT2D eigenvalue weighted by molar-refractivity contribution is 5.95. The van der Waals surface area contributed by atoms with Gasteiger partial charge in [-0.2, -0.15) is 0 Å². The van der Waals surface area contributed by atoms with Gasteiger partial charge in [-0.3, -0.25) is 4.79 Å². The fraction of sp³-hybridized carbons (Fsp3) is 0.529. The first-order valence-corrected chi connectivity index (χ1v) is 8.28. The average Bonchev–Trinajstić information content (AvgIpc) is 3.23. The molecule has 1 amide bonds. The van der Waals surface area contributed by atoms with Gasteiger partial charge in [-0.1, -0.05) is 5.16 Å². The molecule has 0 radical (unpaired) electrons. The van der Waals surface area contributed by atoms with Crippen LogP contribution in [0.3, 0.4) is 0 Å². The van der Waals surface area contributed by atoms with Crippen LogP contribution in [0.1, 0.15) is 27.4 Å². The number of likely N-dealkylation sites (tertiary alicyclic amines) is 1. The summed E-state index contributed by atoms with van der Waals surface area (Å²) >= 11 is 0. The first-order valence-electron chi connectivity index (χ1n) is 8.28. The second-order valence-electron chi connectivity index (χ2n) is 6.84. The van der Waals surface area contributed by atoms with E-state index >= 15 is 0 Å². The minimum Gasteiger partial charge on any atom is -0.361 e. The summed E-state index contributed by atoms with van der Waals surface area (Å²) in [5, 5.41) is 3.71. The van der Waals surface area contributed by atoms with Crippen LogP contribution in [0, 0.1) is 32.6 Å². The lowest BCUT2D eigenvalue weighted by atomic mass is 10.0. The number of nitrogens with zero attached hydrogens (tertiary/aromatic N) is 5. The molecular formula is C17H21N5O2. The number of hydrogen-bond donors (Lipinski definition) is 0. The summed E-state index contributed by atoms with van der Waals surface area (Å²) < 4.78 is 5.02. The van der Waals surface area contributed by atoms with Crippen LogP contribution in [0.4, 0.5) is 5.82 Å². The van der Waals surface area contributed by atoms with Crippen molar-refractivity contribution in [2.75, 3.05) is 31.1 Å². The Hall–Kier alpha value is -2.44. The van der Waals surface area contributed by atoms with E-state index in [-0.39, 0.29) is 5.91 Å². The van der Waals surface area contributed by atoms with Gasteiger partial charge < -0.3 is 14.3 Å². The SMILES string of the molecule is Cc1ncnc(N2CC3CN(C(=O)c4cnoc4C)CC3C2)c1C. The zero-order valence-electron chi connectivity index (χ0n) is 14.2. The van der Waals surface area contributed by atoms with E-state index in [4.69, 9.17) is 4.52 Å². The minimum absolute atomic E-state index is 0.0313. The lowest BCUT2D eigenvalue weighted by Gasteiger charge is -2.23. The fourth-order valence-corrected chi connectivity index (χ4v) is 3.85. The Morgan fingerprint density at radius 3 is 2.46 bits per heavy atom. The number of anilines is 1. The third-order valence-corrected chi connectivity index (χ3v) is 5.36. The second kappa shape index (κ2) is 5.58. The van der Waals surface area contributed by atoms with Gasteiger partial charge in [0.2, 0.25) is 0 Å².